The van der Waals surface area contributed by atoms with E-state index in [0.29, 0.717) is 0 Å². The minimum atomic E-state index is -0.377. The third-order valence-electron chi connectivity index (χ3n) is 5.58. The molecule has 1 fully saturated rings. The fourth-order valence-electron chi connectivity index (χ4n) is 3.72. The molecular weight excluding hydrogens is 343 g/mol. The van der Waals surface area contributed by atoms with Crippen LogP contribution in [0.4, 0.5) is 4.39 Å². The Balaban J connectivity index is 1.37. The van der Waals surface area contributed by atoms with E-state index in [1.165, 1.54) is 50.7 Å². The minimum absolute atomic E-state index is 0.0213. The molecule has 1 aromatic rings. The Morgan fingerprint density at radius 3 is 2.26 bits per heavy atom. The number of unbranched alkanes of at least 4 members (excludes halogenated alkanes) is 7. The van der Waals surface area contributed by atoms with E-state index in [0.717, 1.165) is 38.0 Å². The maximum Gasteiger partial charge on any atom is 0.123 e. The number of ether oxygens (including phenoxy) is 1. The van der Waals surface area contributed by atoms with Crippen LogP contribution in [-0.4, -0.2) is 36.4 Å². The first-order valence-corrected chi connectivity index (χ1v) is 10.6. The largest absolute Gasteiger partial charge is 0.390 e. The van der Waals surface area contributed by atoms with Gasteiger partial charge in [-0.15, -0.1) is 0 Å². The molecule has 1 aromatic carbocycles. The van der Waals surface area contributed by atoms with Crippen LogP contribution in [-0.2, 0) is 4.74 Å². The molecule has 154 valence electrons. The van der Waals surface area contributed by atoms with Crippen molar-refractivity contribution in [1.29, 1.82) is 0 Å². The van der Waals surface area contributed by atoms with E-state index >= 15 is 0 Å². The number of hydrogen-bond donors (Lipinski definition) is 3. The monoisotopic (exact) mass is 380 g/mol. The molecule has 1 aliphatic rings. The van der Waals surface area contributed by atoms with Crippen molar-refractivity contribution in [3.05, 3.63) is 35.6 Å². The molecule has 0 aliphatic carbocycles. The number of nitrogens with two attached hydrogens (primary N) is 1. The molecule has 27 heavy (non-hydrogen) atoms. The third kappa shape index (κ3) is 8.26. The Hall–Kier alpha value is -1.01. The second-order valence-corrected chi connectivity index (χ2v) is 7.85. The summed E-state index contributed by atoms with van der Waals surface area (Å²) in [5, 5.41) is 13.2. The lowest BCUT2D eigenvalue weighted by Crippen LogP contribution is -2.37. The zero-order valence-electron chi connectivity index (χ0n) is 16.7. The number of halogens is 1. The molecule has 0 bridgehead atoms. The third-order valence-corrected chi connectivity index (χ3v) is 5.58. The number of nitrogens with one attached hydrogen (secondary N) is 1. The molecule has 0 spiro atoms. The molecule has 1 unspecified atom stereocenters. The van der Waals surface area contributed by atoms with Gasteiger partial charge in [0.1, 0.15) is 5.82 Å². The SMILES string of the molecule is CC(OCCCCCCCCCC[C@H]1NC[C@H](N)[C@@H]1O)c1ccc(F)cc1. The number of aliphatic hydroxyl groups is 1. The summed E-state index contributed by atoms with van der Waals surface area (Å²) in [5.74, 6) is -0.206. The second kappa shape index (κ2) is 12.4. The van der Waals surface area contributed by atoms with E-state index in [4.69, 9.17) is 10.5 Å². The fraction of sp³-hybridized carbons (Fsp3) is 0.727. The van der Waals surface area contributed by atoms with E-state index in [1.807, 2.05) is 6.92 Å². The highest BCUT2D eigenvalue weighted by Crippen LogP contribution is 2.18. The molecule has 4 atom stereocenters. The summed E-state index contributed by atoms with van der Waals surface area (Å²) < 4.78 is 18.7. The van der Waals surface area contributed by atoms with Crippen molar-refractivity contribution in [3.8, 4) is 0 Å². The van der Waals surface area contributed by atoms with Crippen molar-refractivity contribution in [2.45, 2.75) is 89.0 Å². The maximum absolute atomic E-state index is 12.9. The molecular formula is C22H37FN2O2. The van der Waals surface area contributed by atoms with Crippen LogP contribution in [0.3, 0.4) is 0 Å². The van der Waals surface area contributed by atoms with Gasteiger partial charge in [-0.25, -0.2) is 4.39 Å². The summed E-state index contributed by atoms with van der Waals surface area (Å²) in [6.45, 7) is 3.51. The summed E-state index contributed by atoms with van der Waals surface area (Å²) in [7, 11) is 0. The predicted molar refractivity (Wildman–Crippen MR) is 108 cm³/mol. The first-order valence-electron chi connectivity index (χ1n) is 10.6. The highest BCUT2D eigenvalue weighted by atomic mass is 19.1. The molecule has 5 heteroatoms. The topological polar surface area (TPSA) is 67.5 Å². The van der Waals surface area contributed by atoms with Gasteiger partial charge in [0.2, 0.25) is 0 Å². The molecule has 4 nitrogen and oxygen atoms in total. The van der Waals surface area contributed by atoms with Crippen molar-refractivity contribution < 1.29 is 14.2 Å². The van der Waals surface area contributed by atoms with Crippen LogP contribution in [0, 0.1) is 5.82 Å². The van der Waals surface area contributed by atoms with Crippen molar-refractivity contribution in [3.63, 3.8) is 0 Å². The highest BCUT2D eigenvalue weighted by Gasteiger charge is 2.30. The van der Waals surface area contributed by atoms with E-state index < -0.39 is 0 Å². The Morgan fingerprint density at radius 2 is 1.67 bits per heavy atom. The van der Waals surface area contributed by atoms with Gasteiger partial charge in [-0.1, -0.05) is 57.1 Å². The van der Waals surface area contributed by atoms with E-state index in [9.17, 15) is 9.50 Å². The lowest BCUT2D eigenvalue weighted by molar-refractivity contribution is 0.0627. The van der Waals surface area contributed by atoms with E-state index in [-0.39, 0.29) is 30.1 Å². The van der Waals surface area contributed by atoms with Crippen LogP contribution in [0.1, 0.15) is 76.4 Å². The first kappa shape index (κ1) is 22.3. The van der Waals surface area contributed by atoms with Gasteiger partial charge in [-0.3, -0.25) is 0 Å². The molecule has 4 N–H and O–H groups in total. The van der Waals surface area contributed by atoms with Gasteiger partial charge >= 0.3 is 0 Å². The minimum Gasteiger partial charge on any atom is -0.390 e. The van der Waals surface area contributed by atoms with Crippen molar-refractivity contribution >= 4 is 0 Å². The van der Waals surface area contributed by atoms with Gasteiger partial charge in [0.25, 0.3) is 0 Å². The van der Waals surface area contributed by atoms with Crippen LogP contribution in [0.2, 0.25) is 0 Å². The fourth-order valence-corrected chi connectivity index (χ4v) is 3.72. The molecule has 0 saturated carbocycles. The zero-order valence-corrected chi connectivity index (χ0v) is 16.7. The summed E-state index contributed by atoms with van der Waals surface area (Å²) >= 11 is 0. The van der Waals surface area contributed by atoms with Crippen LogP contribution >= 0.6 is 0 Å². The standard InChI is InChI=1S/C22H37FN2O2/c1-17(18-11-13-19(23)14-12-18)27-15-9-7-5-3-2-4-6-8-10-21-22(26)20(24)16-25-21/h11-14,17,20-22,25-26H,2-10,15-16,24H2,1H3/t17?,20-,21+,22-/m0/s1. The Labute approximate surface area is 163 Å². The van der Waals surface area contributed by atoms with Gasteiger partial charge in [-0.05, 0) is 37.5 Å². The first-order chi connectivity index (χ1) is 13.1. The van der Waals surface area contributed by atoms with Crippen LogP contribution in [0.5, 0.6) is 0 Å². The van der Waals surface area contributed by atoms with Gasteiger partial charge in [0.05, 0.1) is 12.2 Å². The molecule has 1 aliphatic heterocycles. The molecule has 2 rings (SSSR count). The Kier molecular flexibility index (Phi) is 10.3. The normalized spacial score (nSPS) is 23.6. The van der Waals surface area contributed by atoms with E-state index in [1.54, 1.807) is 12.1 Å². The van der Waals surface area contributed by atoms with Crippen LogP contribution in [0.25, 0.3) is 0 Å². The van der Waals surface area contributed by atoms with E-state index in [2.05, 4.69) is 5.32 Å². The maximum atomic E-state index is 12.9. The van der Waals surface area contributed by atoms with Crippen molar-refractivity contribution in [1.82, 2.24) is 5.32 Å². The molecule has 1 saturated heterocycles. The van der Waals surface area contributed by atoms with Gasteiger partial charge in [-0.2, -0.15) is 0 Å². The molecule has 0 aromatic heterocycles. The van der Waals surface area contributed by atoms with Gasteiger partial charge < -0.3 is 20.9 Å². The number of aliphatic hydroxyl groups excluding tert-OH is 1. The molecule has 0 amide bonds. The lowest BCUT2D eigenvalue weighted by Gasteiger charge is -2.16. The summed E-state index contributed by atoms with van der Waals surface area (Å²) in [6.07, 6.45) is 10.4. The molecule has 1 heterocycles. The number of benzene rings is 1. The van der Waals surface area contributed by atoms with Crippen LogP contribution in [0.15, 0.2) is 24.3 Å². The van der Waals surface area contributed by atoms with Crippen molar-refractivity contribution in [2.24, 2.45) is 5.73 Å². The van der Waals surface area contributed by atoms with Gasteiger partial charge in [0.15, 0.2) is 0 Å². The summed E-state index contributed by atoms with van der Waals surface area (Å²) in [5.41, 5.74) is 6.83. The number of hydrogen-bond acceptors (Lipinski definition) is 4. The van der Waals surface area contributed by atoms with Crippen LogP contribution < -0.4 is 11.1 Å². The summed E-state index contributed by atoms with van der Waals surface area (Å²) in [6, 6.07) is 6.64. The average Bonchev–Trinajstić information content (AvgIpc) is 2.98. The average molecular weight is 381 g/mol. The van der Waals surface area contributed by atoms with Gasteiger partial charge in [0, 0.05) is 25.2 Å². The molecule has 0 radical (unpaired) electrons. The lowest BCUT2D eigenvalue weighted by atomic mass is 10.0. The predicted octanol–water partition coefficient (Wildman–Crippen LogP) is 4.07. The second-order valence-electron chi connectivity index (χ2n) is 7.85. The highest BCUT2D eigenvalue weighted by molar-refractivity contribution is 5.18. The zero-order chi connectivity index (χ0) is 19.5. The van der Waals surface area contributed by atoms with Crippen molar-refractivity contribution in [2.75, 3.05) is 13.2 Å². The quantitative estimate of drug-likeness (QED) is 0.451. The Morgan fingerprint density at radius 1 is 1.07 bits per heavy atom. The summed E-state index contributed by atoms with van der Waals surface area (Å²) in [4.78, 5) is 0. The number of rotatable bonds is 13. The smallest absolute Gasteiger partial charge is 0.123 e. The Bertz CT molecular complexity index is 512.